The van der Waals surface area contributed by atoms with Crippen molar-refractivity contribution in [3.8, 4) is 134 Å². The maximum Gasteiger partial charge on any atom is 0.0715 e. The van der Waals surface area contributed by atoms with Gasteiger partial charge in [0, 0.05) is 118 Å². The van der Waals surface area contributed by atoms with E-state index in [0.717, 1.165) is 192 Å². The first-order valence-electron chi connectivity index (χ1n) is 47.8. The molecule has 0 aliphatic carbocycles. The lowest BCUT2D eigenvalue weighted by molar-refractivity contribution is 0.665. The van der Waals surface area contributed by atoms with Gasteiger partial charge in [-0.25, -0.2) is 15.0 Å². The second-order valence-corrected chi connectivity index (χ2v) is 35.8. The lowest BCUT2D eigenvalue weighted by Gasteiger charge is -2.13. The SMILES string of the molecule is CCCCn1c2ccc(/C=C/c3ccc(-c4cc(-c5ccccc5)nc(-c5ccccc5)c4)cc3)cc2c2cc(-c3cc(-c4ccc5c(c4)c4cc(/C=C/c6ccc(-c7cc(-c8ccccc8)nc(-c8ccccc8)c7)cc6)ccc4n5CCCC)cc(-c4ccc5c(c4)c4cc(/C=C/c6ccc(-c7cc(-c8ccccc8)nc(-c8ccccc8)c7)cc6)ccc4n5CCCC)c3)ccc21. The van der Waals surface area contributed by atoms with Gasteiger partial charge in [0.1, 0.15) is 0 Å². The zero-order chi connectivity index (χ0) is 90.5. The van der Waals surface area contributed by atoms with Gasteiger partial charge in [-0.2, -0.15) is 0 Å². The Morgan fingerprint density at radius 3 is 0.570 bits per heavy atom. The third-order valence-electron chi connectivity index (χ3n) is 26.8. The van der Waals surface area contributed by atoms with E-state index in [9.17, 15) is 0 Å². The van der Waals surface area contributed by atoms with Crippen LogP contribution in [-0.2, 0) is 19.6 Å². The van der Waals surface area contributed by atoms with Crippen LogP contribution in [0, 0.1) is 0 Å². The molecular weight excluding hydrogens is 1630 g/mol. The molecule has 0 aliphatic heterocycles. The van der Waals surface area contributed by atoms with Crippen LogP contribution >= 0.6 is 0 Å². The summed E-state index contributed by atoms with van der Waals surface area (Å²) < 4.78 is 7.69. The molecule has 0 atom stereocenters. The first-order chi connectivity index (χ1) is 66.7. The Hall–Kier alpha value is -16.4. The number of aryl methyl sites for hydroxylation is 3. The number of pyridine rings is 3. The van der Waals surface area contributed by atoms with Crippen LogP contribution in [0.3, 0.4) is 0 Å². The summed E-state index contributed by atoms with van der Waals surface area (Å²) in [6.07, 6.45) is 20.1. The van der Waals surface area contributed by atoms with Crippen molar-refractivity contribution < 1.29 is 0 Å². The maximum atomic E-state index is 5.17. The molecule has 0 bridgehead atoms. The van der Waals surface area contributed by atoms with Crippen molar-refractivity contribution in [3.63, 3.8) is 0 Å². The average Bonchev–Trinajstić information content (AvgIpc) is 1.60. The smallest absolute Gasteiger partial charge is 0.0715 e. The van der Waals surface area contributed by atoms with Crippen LogP contribution in [0.15, 0.2) is 419 Å². The molecule has 16 aromatic carbocycles. The highest BCUT2D eigenvalue weighted by atomic mass is 15.0. The molecule has 0 saturated heterocycles. The van der Waals surface area contributed by atoms with Gasteiger partial charge < -0.3 is 13.7 Å². The zero-order valence-corrected chi connectivity index (χ0v) is 76.3. The highest BCUT2D eigenvalue weighted by Gasteiger charge is 2.22. The van der Waals surface area contributed by atoms with Gasteiger partial charge in [0.25, 0.3) is 0 Å². The summed E-state index contributed by atoms with van der Waals surface area (Å²) in [5, 5.41) is 7.50. The van der Waals surface area contributed by atoms with Crippen molar-refractivity contribution in [1.29, 1.82) is 0 Å². The predicted octanol–water partition coefficient (Wildman–Crippen LogP) is 35.1. The molecule has 6 heteroatoms. The van der Waals surface area contributed by atoms with Crippen LogP contribution in [0.4, 0.5) is 0 Å². The number of fused-ring (bicyclic) bond motifs is 9. The van der Waals surface area contributed by atoms with E-state index < -0.39 is 0 Å². The van der Waals surface area contributed by atoms with Crippen molar-refractivity contribution in [3.05, 3.63) is 452 Å². The monoisotopic (exact) mass is 1730 g/mol. The van der Waals surface area contributed by atoms with Crippen LogP contribution in [-0.4, -0.2) is 28.7 Å². The third-order valence-corrected chi connectivity index (χ3v) is 26.8. The Morgan fingerprint density at radius 1 is 0.163 bits per heavy atom. The molecular formula is C129H102N6. The molecule has 22 aromatic rings. The van der Waals surface area contributed by atoms with E-state index >= 15 is 0 Å². The number of rotatable bonds is 27. The quantitative estimate of drug-likeness (QED) is 0.0482. The molecule has 135 heavy (non-hydrogen) atoms. The molecule has 0 fully saturated rings. The second kappa shape index (κ2) is 37.8. The van der Waals surface area contributed by atoms with Crippen molar-refractivity contribution in [2.45, 2.75) is 78.9 Å². The van der Waals surface area contributed by atoms with E-state index in [2.05, 4.69) is 490 Å². The zero-order valence-electron chi connectivity index (χ0n) is 76.3. The summed E-state index contributed by atoms with van der Waals surface area (Å²) >= 11 is 0. The van der Waals surface area contributed by atoms with Gasteiger partial charge in [-0.1, -0.05) is 368 Å². The van der Waals surface area contributed by atoms with Gasteiger partial charge in [-0.15, -0.1) is 0 Å². The average molecular weight is 1740 g/mol. The van der Waals surface area contributed by atoms with Crippen LogP contribution in [0.5, 0.6) is 0 Å². The molecule has 22 rings (SSSR count). The molecule has 0 aliphatic rings. The normalized spacial score (nSPS) is 11.8. The molecule has 0 amide bonds. The highest BCUT2D eigenvalue weighted by molar-refractivity contribution is 6.13. The lowest BCUT2D eigenvalue weighted by Crippen LogP contribution is -1.97. The Labute approximate surface area is 790 Å². The molecule has 0 N–H and O–H groups in total. The minimum Gasteiger partial charge on any atom is -0.340 e. The fraction of sp³-hybridized carbons (Fsp3) is 0.0930. The van der Waals surface area contributed by atoms with Gasteiger partial charge in [0.2, 0.25) is 0 Å². The number of hydrogen-bond acceptors (Lipinski definition) is 3. The van der Waals surface area contributed by atoms with E-state index in [4.69, 9.17) is 15.0 Å². The Balaban J connectivity index is 0.633. The van der Waals surface area contributed by atoms with E-state index in [1.165, 1.54) is 98.8 Å². The first kappa shape index (κ1) is 84.2. The van der Waals surface area contributed by atoms with Crippen molar-refractivity contribution in [2.24, 2.45) is 0 Å². The van der Waals surface area contributed by atoms with Gasteiger partial charge in [-0.3, -0.25) is 0 Å². The molecule has 6 aromatic heterocycles. The molecule has 648 valence electrons. The van der Waals surface area contributed by atoms with Crippen molar-refractivity contribution in [1.82, 2.24) is 28.7 Å². The lowest BCUT2D eigenvalue weighted by atomic mass is 9.91. The highest BCUT2D eigenvalue weighted by Crippen LogP contribution is 2.44. The number of unbranched alkanes of at least 4 members (excludes halogenated alkanes) is 3. The van der Waals surface area contributed by atoms with Gasteiger partial charge in [-0.05, 0) is 247 Å². The van der Waals surface area contributed by atoms with E-state index in [1.54, 1.807) is 0 Å². The van der Waals surface area contributed by atoms with E-state index in [-0.39, 0.29) is 0 Å². The largest absolute Gasteiger partial charge is 0.340 e. The first-order valence-corrected chi connectivity index (χ1v) is 47.8. The molecule has 0 saturated carbocycles. The second-order valence-electron chi connectivity index (χ2n) is 35.8. The Morgan fingerprint density at radius 2 is 0.348 bits per heavy atom. The van der Waals surface area contributed by atoms with E-state index in [1.807, 2.05) is 0 Å². The molecule has 0 unspecified atom stereocenters. The molecule has 6 heterocycles. The number of benzene rings is 16. The molecule has 0 radical (unpaired) electrons. The summed E-state index contributed by atoms with van der Waals surface area (Å²) in [6.45, 7) is 9.69. The summed E-state index contributed by atoms with van der Waals surface area (Å²) in [5.74, 6) is 0. The summed E-state index contributed by atoms with van der Waals surface area (Å²) in [4.78, 5) is 15.5. The molecule has 6 nitrogen and oxygen atoms in total. The Bertz CT molecular complexity index is 7250. The topological polar surface area (TPSA) is 53.5 Å². The van der Waals surface area contributed by atoms with Gasteiger partial charge in [0.05, 0.1) is 34.2 Å². The van der Waals surface area contributed by atoms with Crippen LogP contribution in [0.25, 0.3) is 236 Å². The number of hydrogen-bond donors (Lipinski definition) is 0. The van der Waals surface area contributed by atoms with E-state index in [0.29, 0.717) is 0 Å². The summed E-state index contributed by atoms with van der Waals surface area (Å²) in [6, 6.07) is 153. The van der Waals surface area contributed by atoms with Crippen molar-refractivity contribution in [2.75, 3.05) is 0 Å². The minimum atomic E-state index is 0.933. The van der Waals surface area contributed by atoms with Crippen molar-refractivity contribution >= 4 is 102 Å². The summed E-state index contributed by atoms with van der Waals surface area (Å²) in [7, 11) is 0. The maximum absolute atomic E-state index is 5.17. The standard InChI is InChI=1S/C129H102N6/c1-4-7-70-133-124-64-52-91(43-40-88-46-55-94(56-47-88)109-82-118(97-28-16-10-17-29-97)130-119(83-109)98-30-18-11-19-31-98)73-112(124)115-79-103(61-67-127(115)133)106-76-107(104-62-68-128-116(80-104)113-74-92(53-65-125(113)134(128)71-8-5-2)44-41-89-48-57-95(58-49-89)110-84-120(99-32-20-12-21-33-99)131-121(85-110)100-34-22-13-23-35-100)78-108(77-106)105-63-69-129-117(81-105)114-75-93(54-66-126(114)135(129)72-9-6-3)45-42-90-50-59-96(60-51-90)111-86-122(101-36-24-14-25-37-101)132-123(87-111)102-38-26-15-27-39-102/h10-69,73-87H,4-9,70-72H2,1-3H3/b43-40+,44-41+,45-42+. The van der Waals surface area contributed by atoms with Gasteiger partial charge >= 0.3 is 0 Å². The fourth-order valence-corrected chi connectivity index (χ4v) is 19.6. The van der Waals surface area contributed by atoms with Gasteiger partial charge in [0.15, 0.2) is 0 Å². The van der Waals surface area contributed by atoms with Crippen LogP contribution < -0.4 is 0 Å². The Kier molecular flexibility index (Phi) is 23.6. The predicted molar refractivity (Wildman–Crippen MR) is 575 cm³/mol. The minimum absolute atomic E-state index is 0.933. The number of nitrogens with zero attached hydrogens (tertiary/aromatic N) is 6. The fourth-order valence-electron chi connectivity index (χ4n) is 19.6. The van der Waals surface area contributed by atoms with Crippen LogP contribution in [0.2, 0.25) is 0 Å². The third kappa shape index (κ3) is 17.6. The summed E-state index contributed by atoms with van der Waals surface area (Å²) in [5.41, 5.74) is 40.5. The number of aromatic nitrogens is 6. The molecule has 0 spiro atoms. The van der Waals surface area contributed by atoms with Crippen LogP contribution in [0.1, 0.15) is 92.7 Å².